The molecular formula is C22H23ClN6O. The van der Waals surface area contributed by atoms with Crippen molar-refractivity contribution in [2.75, 3.05) is 31.2 Å². The van der Waals surface area contributed by atoms with E-state index in [0.29, 0.717) is 16.3 Å². The summed E-state index contributed by atoms with van der Waals surface area (Å²) in [6.07, 6.45) is 3.83. The normalized spacial score (nSPS) is 13.5. The van der Waals surface area contributed by atoms with Crippen LogP contribution < -0.4 is 11.1 Å². The quantitative estimate of drug-likeness (QED) is 0.658. The van der Waals surface area contributed by atoms with Gasteiger partial charge in [0.05, 0.1) is 22.0 Å². The Kier molecular flexibility index (Phi) is 5.55. The van der Waals surface area contributed by atoms with Gasteiger partial charge in [0.2, 0.25) is 5.95 Å². The SMILES string of the molecule is CNc1ccc(-c2c(C)nc(N)nc2-c2ccc(C(=O)N3CCCC3)c(Cl)c2)cn1. The highest BCUT2D eigenvalue weighted by Crippen LogP contribution is 2.35. The summed E-state index contributed by atoms with van der Waals surface area (Å²) in [6, 6.07) is 9.23. The Morgan fingerprint density at radius 3 is 2.50 bits per heavy atom. The third-order valence-electron chi connectivity index (χ3n) is 5.28. The van der Waals surface area contributed by atoms with Crippen molar-refractivity contribution in [3.8, 4) is 22.4 Å². The van der Waals surface area contributed by atoms with E-state index in [1.54, 1.807) is 18.3 Å². The predicted molar refractivity (Wildman–Crippen MR) is 120 cm³/mol. The van der Waals surface area contributed by atoms with Gasteiger partial charge in [-0.1, -0.05) is 17.7 Å². The summed E-state index contributed by atoms with van der Waals surface area (Å²) < 4.78 is 0. The lowest BCUT2D eigenvalue weighted by atomic mass is 9.98. The van der Waals surface area contributed by atoms with E-state index in [1.807, 2.05) is 37.1 Å². The fraction of sp³-hybridized carbons (Fsp3) is 0.273. The fourth-order valence-electron chi connectivity index (χ4n) is 3.77. The van der Waals surface area contributed by atoms with Crippen LogP contribution in [-0.2, 0) is 0 Å². The molecule has 2 aromatic heterocycles. The summed E-state index contributed by atoms with van der Waals surface area (Å²) >= 11 is 6.53. The van der Waals surface area contributed by atoms with Crippen LogP contribution in [0.15, 0.2) is 36.5 Å². The Balaban J connectivity index is 1.78. The summed E-state index contributed by atoms with van der Waals surface area (Å²) in [7, 11) is 1.82. The van der Waals surface area contributed by atoms with E-state index >= 15 is 0 Å². The van der Waals surface area contributed by atoms with E-state index in [4.69, 9.17) is 17.3 Å². The number of halogens is 1. The smallest absolute Gasteiger partial charge is 0.255 e. The second-order valence-corrected chi connectivity index (χ2v) is 7.67. The molecule has 154 valence electrons. The molecule has 4 rings (SSSR count). The van der Waals surface area contributed by atoms with Crippen LogP contribution in [0.5, 0.6) is 0 Å². The fourth-order valence-corrected chi connectivity index (χ4v) is 4.03. The molecule has 1 fully saturated rings. The van der Waals surface area contributed by atoms with Crippen molar-refractivity contribution in [2.45, 2.75) is 19.8 Å². The van der Waals surface area contributed by atoms with Crippen molar-refractivity contribution in [1.29, 1.82) is 0 Å². The summed E-state index contributed by atoms with van der Waals surface area (Å²) in [4.78, 5) is 27.8. The highest BCUT2D eigenvalue weighted by Gasteiger charge is 2.23. The molecule has 0 spiro atoms. The first-order valence-electron chi connectivity index (χ1n) is 9.85. The monoisotopic (exact) mass is 422 g/mol. The molecule has 8 heteroatoms. The number of nitrogens with two attached hydrogens (primary N) is 1. The number of pyridine rings is 1. The molecule has 1 aliphatic heterocycles. The highest BCUT2D eigenvalue weighted by atomic mass is 35.5. The molecule has 3 aromatic rings. The number of amides is 1. The van der Waals surface area contributed by atoms with Gasteiger partial charge in [-0.2, -0.15) is 0 Å². The second kappa shape index (κ2) is 8.28. The van der Waals surface area contributed by atoms with Crippen molar-refractivity contribution < 1.29 is 4.79 Å². The third-order valence-corrected chi connectivity index (χ3v) is 5.59. The maximum absolute atomic E-state index is 12.8. The molecule has 1 saturated heterocycles. The van der Waals surface area contributed by atoms with Crippen molar-refractivity contribution in [3.05, 3.63) is 52.8 Å². The molecule has 3 heterocycles. The van der Waals surface area contributed by atoms with E-state index in [-0.39, 0.29) is 11.9 Å². The number of likely N-dealkylation sites (tertiary alicyclic amines) is 1. The standard InChI is InChI=1S/C22H23ClN6O/c1-13-19(15-6-8-18(25-2)26-12-15)20(28-22(24)27-13)14-5-7-16(17(23)11-14)21(30)29-9-3-4-10-29/h5-8,11-12H,3-4,9-10H2,1-2H3,(H,25,26)(H2,24,27,28). The number of hydrogen-bond donors (Lipinski definition) is 2. The molecule has 0 saturated carbocycles. The van der Waals surface area contributed by atoms with Crippen LogP contribution in [0.25, 0.3) is 22.4 Å². The van der Waals surface area contributed by atoms with Crippen LogP contribution in [0.4, 0.5) is 11.8 Å². The average Bonchev–Trinajstić information content (AvgIpc) is 3.28. The Bertz CT molecular complexity index is 1090. The molecule has 0 radical (unpaired) electrons. The number of carbonyl (C=O) groups is 1. The first kappa shape index (κ1) is 20.1. The highest BCUT2D eigenvalue weighted by molar-refractivity contribution is 6.34. The molecular weight excluding hydrogens is 400 g/mol. The van der Waals surface area contributed by atoms with Crippen LogP contribution in [0, 0.1) is 6.92 Å². The number of nitrogen functional groups attached to an aromatic ring is 1. The molecule has 1 aliphatic rings. The summed E-state index contributed by atoms with van der Waals surface area (Å²) in [5.41, 5.74) is 10.3. The van der Waals surface area contributed by atoms with E-state index in [1.165, 1.54) is 0 Å². The van der Waals surface area contributed by atoms with E-state index in [2.05, 4.69) is 20.3 Å². The van der Waals surface area contributed by atoms with Gasteiger partial charge in [-0.15, -0.1) is 0 Å². The maximum atomic E-state index is 12.8. The van der Waals surface area contributed by atoms with Gasteiger partial charge in [0.25, 0.3) is 5.91 Å². The second-order valence-electron chi connectivity index (χ2n) is 7.27. The number of nitrogens with one attached hydrogen (secondary N) is 1. The van der Waals surface area contributed by atoms with E-state index in [0.717, 1.165) is 54.1 Å². The number of hydrogen-bond acceptors (Lipinski definition) is 6. The molecule has 1 aromatic carbocycles. The Hall–Kier alpha value is -3.19. The number of carbonyl (C=O) groups excluding carboxylic acids is 1. The number of rotatable bonds is 4. The van der Waals surface area contributed by atoms with Crippen LogP contribution in [-0.4, -0.2) is 45.9 Å². The van der Waals surface area contributed by atoms with Crippen LogP contribution in [0.3, 0.4) is 0 Å². The van der Waals surface area contributed by atoms with Crippen LogP contribution >= 0.6 is 11.6 Å². The summed E-state index contributed by atoms with van der Waals surface area (Å²) in [5, 5.41) is 3.40. The average molecular weight is 423 g/mol. The number of aryl methyl sites for hydroxylation is 1. The van der Waals surface area contributed by atoms with Gasteiger partial charge in [0.15, 0.2) is 0 Å². The van der Waals surface area contributed by atoms with Gasteiger partial charge in [-0.3, -0.25) is 4.79 Å². The Morgan fingerprint density at radius 2 is 1.87 bits per heavy atom. The third kappa shape index (κ3) is 3.80. The van der Waals surface area contributed by atoms with Crippen molar-refractivity contribution in [1.82, 2.24) is 19.9 Å². The number of aromatic nitrogens is 3. The lowest BCUT2D eigenvalue weighted by molar-refractivity contribution is 0.0793. The molecule has 0 aliphatic carbocycles. The zero-order valence-electron chi connectivity index (χ0n) is 16.9. The molecule has 0 bridgehead atoms. The molecule has 0 atom stereocenters. The lowest BCUT2D eigenvalue weighted by Crippen LogP contribution is -2.27. The summed E-state index contributed by atoms with van der Waals surface area (Å²) in [6.45, 7) is 3.44. The molecule has 30 heavy (non-hydrogen) atoms. The predicted octanol–water partition coefficient (Wildman–Crippen LogP) is 4.03. The Labute approximate surface area is 180 Å². The molecule has 7 nitrogen and oxygen atoms in total. The molecule has 3 N–H and O–H groups in total. The minimum Gasteiger partial charge on any atom is -0.373 e. The zero-order chi connectivity index (χ0) is 21.3. The number of anilines is 2. The lowest BCUT2D eigenvalue weighted by Gasteiger charge is -2.17. The molecule has 0 unspecified atom stereocenters. The zero-order valence-corrected chi connectivity index (χ0v) is 17.7. The van der Waals surface area contributed by atoms with Gasteiger partial charge < -0.3 is 16.0 Å². The van der Waals surface area contributed by atoms with Crippen LogP contribution in [0.2, 0.25) is 5.02 Å². The molecule has 1 amide bonds. The number of benzene rings is 1. The van der Waals surface area contributed by atoms with Gasteiger partial charge in [-0.05, 0) is 44.0 Å². The topological polar surface area (TPSA) is 97.0 Å². The van der Waals surface area contributed by atoms with Crippen molar-refractivity contribution in [3.63, 3.8) is 0 Å². The van der Waals surface area contributed by atoms with Gasteiger partial charge in [0, 0.05) is 43.0 Å². The Morgan fingerprint density at radius 1 is 1.13 bits per heavy atom. The van der Waals surface area contributed by atoms with E-state index < -0.39 is 0 Å². The van der Waals surface area contributed by atoms with Gasteiger partial charge in [-0.25, -0.2) is 15.0 Å². The number of nitrogens with zero attached hydrogens (tertiary/aromatic N) is 4. The first-order chi connectivity index (χ1) is 14.5. The maximum Gasteiger partial charge on any atom is 0.255 e. The van der Waals surface area contributed by atoms with Crippen LogP contribution in [0.1, 0.15) is 28.9 Å². The minimum atomic E-state index is -0.0329. The van der Waals surface area contributed by atoms with Crippen molar-refractivity contribution >= 4 is 29.3 Å². The van der Waals surface area contributed by atoms with E-state index in [9.17, 15) is 4.79 Å². The van der Waals surface area contributed by atoms with Gasteiger partial charge >= 0.3 is 0 Å². The largest absolute Gasteiger partial charge is 0.373 e. The van der Waals surface area contributed by atoms with Crippen molar-refractivity contribution in [2.24, 2.45) is 0 Å². The first-order valence-corrected chi connectivity index (χ1v) is 10.2. The van der Waals surface area contributed by atoms with Gasteiger partial charge in [0.1, 0.15) is 5.82 Å². The summed E-state index contributed by atoms with van der Waals surface area (Å²) in [5.74, 6) is 0.913. The minimum absolute atomic E-state index is 0.0329.